The largest absolute Gasteiger partial charge is 0.506 e. The summed E-state index contributed by atoms with van der Waals surface area (Å²) in [6.07, 6.45) is 4.70. The molecule has 6 atom stereocenters. The molecule has 2 saturated carbocycles. The Balaban J connectivity index is 1.40. The lowest BCUT2D eigenvalue weighted by Gasteiger charge is -2.61. The van der Waals surface area contributed by atoms with Crippen LogP contribution in [-0.4, -0.2) is 55.4 Å². The number of allylic oxidation sites excluding steroid dienone is 1. The van der Waals surface area contributed by atoms with Gasteiger partial charge < -0.3 is 30.5 Å². The molecule has 3 aliphatic carbocycles. The van der Waals surface area contributed by atoms with Crippen molar-refractivity contribution in [2.75, 3.05) is 5.32 Å². The highest BCUT2D eigenvalue weighted by Gasteiger charge is 2.79. The zero-order chi connectivity index (χ0) is 24.0. The Labute approximate surface area is 190 Å². The number of carbonyl (C=O) groups is 3. The van der Waals surface area contributed by atoms with E-state index in [-0.39, 0.29) is 24.2 Å². The van der Waals surface area contributed by atoms with Crippen LogP contribution >= 0.6 is 0 Å². The number of ether oxygens (including phenoxy) is 1. The number of hydrogen-bond donors (Lipinski definition) is 5. The maximum absolute atomic E-state index is 13.1. The first-order valence-electron chi connectivity index (χ1n) is 11.1. The van der Waals surface area contributed by atoms with Crippen molar-refractivity contribution >= 4 is 23.3 Å². The zero-order valence-electron chi connectivity index (χ0n) is 18.4. The van der Waals surface area contributed by atoms with Gasteiger partial charge in [0.1, 0.15) is 22.6 Å². The third-order valence-corrected chi connectivity index (χ3v) is 8.72. The van der Waals surface area contributed by atoms with Crippen molar-refractivity contribution in [1.82, 2.24) is 0 Å². The van der Waals surface area contributed by atoms with Crippen LogP contribution in [0.3, 0.4) is 0 Å². The number of nitrogens with one attached hydrogen (secondary N) is 1. The number of benzene rings is 1. The Morgan fingerprint density at radius 1 is 1.24 bits per heavy atom. The summed E-state index contributed by atoms with van der Waals surface area (Å²) in [5.74, 6) is -3.25. The summed E-state index contributed by atoms with van der Waals surface area (Å²) in [4.78, 5) is 37.1. The van der Waals surface area contributed by atoms with Crippen LogP contribution in [0.4, 0.5) is 5.69 Å². The van der Waals surface area contributed by atoms with Crippen LogP contribution in [0.15, 0.2) is 24.3 Å². The van der Waals surface area contributed by atoms with E-state index in [1.54, 1.807) is 6.92 Å². The summed E-state index contributed by atoms with van der Waals surface area (Å²) in [7, 11) is 0. The number of ketones is 1. The molecule has 33 heavy (non-hydrogen) atoms. The summed E-state index contributed by atoms with van der Waals surface area (Å²) in [5, 5.41) is 43.7. The number of carbonyl (C=O) groups excluding carboxylic acids is 2. The van der Waals surface area contributed by atoms with E-state index in [1.807, 2.05) is 6.08 Å². The molecule has 2 heterocycles. The van der Waals surface area contributed by atoms with Crippen molar-refractivity contribution in [3.8, 4) is 11.5 Å². The van der Waals surface area contributed by atoms with E-state index in [1.165, 1.54) is 6.08 Å². The lowest BCUT2D eigenvalue weighted by Crippen LogP contribution is -2.71. The second-order valence-electron chi connectivity index (χ2n) is 10.4. The number of carboxylic acid groups (broad SMARTS) is 1. The van der Waals surface area contributed by atoms with E-state index < -0.39 is 57.2 Å². The van der Waals surface area contributed by atoms with E-state index in [9.17, 15) is 29.7 Å². The minimum atomic E-state index is -1.45. The predicted molar refractivity (Wildman–Crippen MR) is 115 cm³/mol. The quantitative estimate of drug-likeness (QED) is 0.422. The Morgan fingerprint density at radius 3 is 2.64 bits per heavy atom. The van der Waals surface area contributed by atoms with E-state index in [4.69, 9.17) is 9.84 Å². The highest BCUT2D eigenvalue weighted by atomic mass is 16.5. The van der Waals surface area contributed by atoms with Crippen molar-refractivity contribution < 1.29 is 39.5 Å². The van der Waals surface area contributed by atoms with Crippen LogP contribution in [0.2, 0.25) is 0 Å². The van der Waals surface area contributed by atoms with Gasteiger partial charge >= 0.3 is 5.97 Å². The van der Waals surface area contributed by atoms with Crippen molar-refractivity contribution in [3.05, 3.63) is 29.8 Å². The number of aromatic hydroxyl groups is 2. The van der Waals surface area contributed by atoms with Crippen molar-refractivity contribution in [2.45, 2.75) is 63.3 Å². The highest BCUT2D eigenvalue weighted by molar-refractivity contribution is 6.01. The predicted octanol–water partition coefficient (Wildman–Crippen LogP) is 2.35. The van der Waals surface area contributed by atoms with Crippen LogP contribution < -0.4 is 5.32 Å². The van der Waals surface area contributed by atoms with Gasteiger partial charge in [0, 0.05) is 11.8 Å². The Morgan fingerprint density at radius 2 is 1.97 bits per heavy atom. The Bertz CT molecular complexity index is 1130. The van der Waals surface area contributed by atoms with Gasteiger partial charge in [-0.2, -0.15) is 0 Å². The number of aromatic carboxylic acids is 1. The smallest absolute Gasteiger partial charge is 0.339 e. The number of anilines is 1. The molecule has 1 aromatic rings. The molecule has 9 nitrogen and oxygen atoms in total. The normalized spacial score (nSPS) is 40.2. The van der Waals surface area contributed by atoms with Crippen molar-refractivity contribution in [2.24, 2.45) is 16.7 Å². The lowest BCUT2D eigenvalue weighted by atomic mass is 9.48. The number of phenols is 2. The number of aliphatic hydroxyl groups is 1. The molecule has 176 valence electrons. The molecule has 4 fully saturated rings. The molecule has 5 N–H and O–H groups in total. The lowest BCUT2D eigenvalue weighted by molar-refractivity contribution is -0.263. The van der Waals surface area contributed by atoms with Gasteiger partial charge in [-0.25, -0.2) is 4.79 Å². The van der Waals surface area contributed by atoms with Crippen LogP contribution in [0, 0.1) is 16.7 Å². The molecule has 0 radical (unpaired) electrons. The van der Waals surface area contributed by atoms with Crippen LogP contribution in [0.5, 0.6) is 11.5 Å². The zero-order valence-corrected chi connectivity index (χ0v) is 18.4. The minimum Gasteiger partial charge on any atom is -0.506 e. The third kappa shape index (κ3) is 2.63. The molecule has 0 aromatic heterocycles. The van der Waals surface area contributed by atoms with E-state index in [0.717, 1.165) is 18.6 Å². The second kappa shape index (κ2) is 6.57. The van der Waals surface area contributed by atoms with Crippen molar-refractivity contribution in [3.63, 3.8) is 0 Å². The van der Waals surface area contributed by atoms with Gasteiger partial charge in [0.15, 0.2) is 11.5 Å². The molecule has 1 amide bonds. The van der Waals surface area contributed by atoms with Gasteiger partial charge in [-0.1, -0.05) is 6.08 Å². The molecule has 6 rings (SSSR count). The third-order valence-electron chi connectivity index (χ3n) is 8.72. The maximum Gasteiger partial charge on any atom is 0.339 e. The Hall–Kier alpha value is -2.91. The first kappa shape index (κ1) is 21.9. The molecule has 2 saturated heterocycles. The maximum atomic E-state index is 13.1. The fraction of sp³-hybridized carbons (Fsp3) is 0.542. The molecule has 4 bridgehead atoms. The van der Waals surface area contributed by atoms with Crippen LogP contribution in [0.1, 0.15) is 56.3 Å². The number of rotatable bonds is 5. The molecule has 5 aliphatic rings. The number of amides is 1. The number of hydrogen-bond acceptors (Lipinski definition) is 7. The van der Waals surface area contributed by atoms with E-state index in [2.05, 4.69) is 12.2 Å². The molecule has 9 heteroatoms. The number of carboxylic acids is 1. The summed E-state index contributed by atoms with van der Waals surface area (Å²) in [6.45, 7) is 3.73. The summed E-state index contributed by atoms with van der Waals surface area (Å²) >= 11 is 0. The summed E-state index contributed by atoms with van der Waals surface area (Å²) in [5.41, 5.74) is -4.51. The molecule has 2 aliphatic heterocycles. The van der Waals surface area contributed by atoms with Gasteiger partial charge in [-0.15, -0.1) is 0 Å². The van der Waals surface area contributed by atoms with E-state index in [0.29, 0.717) is 18.8 Å². The molecule has 1 spiro atoms. The average molecular weight is 457 g/mol. The van der Waals surface area contributed by atoms with E-state index >= 15 is 0 Å². The average Bonchev–Trinajstić information content (AvgIpc) is 3.15. The Kier molecular flexibility index (Phi) is 4.36. The molecular formula is C24H27NO8. The van der Waals surface area contributed by atoms with Gasteiger partial charge in [0.25, 0.3) is 0 Å². The molecular weight excluding hydrogens is 430 g/mol. The fourth-order valence-corrected chi connectivity index (χ4v) is 6.99. The highest BCUT2D eigenvalue weighted by Crippen LogP contribution is 2.73. The minimum absolute atomic E-state index is 0.0155. The van der Waals surface area contributed by atoms with Crippen LogP contribution in [-0.2, 0) is 14.3 Å². The first-order chi connectivity index (χ1) is 15.4. The monoisotopic (exact) mass is 457 g/mol. The summed E-state index contributed by atoms with van der Waals surface area (Å²) in [6, 6.07) is 2.08. The second-order valence-corrected chi connectivity index (χ2v) is 10.4. The fourth-order valence-electron chi connectivity index (χ4n) is 6.99. The topological polar surface area (TPSA) is 153 Å². The van der Waals surface area contributed by atoms with Gasteiger partial charge in [-0.3, -0.25) is 9.59 Å². The standard InChI is InChI=1S/C24H27NO8/c1-21(7-6-17(28)25-18-14(26)4-3-13(19(18)29)20(30)31)15(27)5-8-23-10-12-9-16(24(21,23)32)33-22(12,2)11-23/h3-5,8,12,16,26,29,32H,6-7,9-11H2,1-2H3,(H,25,28)(H,30,31)/t12-,16+,21-,22+,23+,24?/m1/s1. The molecule has 1 unspecified atom stereocenters. The van der Waals surface area contributed by atoms with Gasteiger partial charge in [0.05, 0.1) is 17.1 Å². The van der Waals surface area contributed by atoms with Gasteiger partial charge in [0.2, 0.25) is 5.91 Å². The van der Waals surface area contributed by atoms with Gasteiger partial charge in [-0.05, 0) is 63.7 Å². The van der Waals surface area contributed by atoms with Crippen molar-refractivity contribution in [1.29, 1.82) is 0 Å². The van der Waals surface area contributed by atoms with Crippen LogP contribution in [0.25, 0.3) is 0 Å². The molecule has 1 aromatic carbocycles. The number of phenolic OH excluding ortho intramolecular Hbond substituents is 1. The summed E-state index contributed by atoms with van der Waals surface area (Å²) < 4.78 is 6.26. The SMILES string of the molecule is C[C@]12C[C@@]34C=CC(=O)[C@@](C)(CCC(=O)Nc5c(O)ccc(C(=O)O)c5O)C3(O)[C@H](C[C@@H]1C4)O2. The first-order valence-corrected chi connectivity index (χ1v) is 11.1.